The van der Waals surface area contributed by atoms with E-state index in [0.717, 1.165) is 0 Å². The molecule has 0 saturated heterocycles. The quantitative estimate of drug-likeness (QED) is 0.240. The van der Waals surface area contributed by atoms with Crippen LogP contribution in [0.2, 0.25) is 0 Å². The number of phosphoric acid groups is 2. The van der Waals surface area contributed by atoms with E-state index < -0.39 is 26.0 Å². The van der Waals surface area contributed by atoms with Crippen molar-refractivity contribution in [2.24, 2.45) is 0 Å². The third-order valence-electron chi connectivity index (χ3n) is 0.191. The molecule has 0 aliphatic rings. The molecule has 0 atom stereocenters. The van der Waals surface area contributed by atoms with Crippen molar-refractivity contribution >= 4 is 26.0 Å². The summed E-state index contributed by atoms with van der Waals surface area (Å²) in [6, 6.07) is 0. The van der Waals surface area contributed by atoms with Crippen molar-refractivity contribution in [2.75, 3.05) is 0 Å². The lowest BCUT2D eigenvalue weighted by molar-refractivity contribution is 0.266. The van der Waals surface area contributed by atoms with Crippen LogP contribution in [0, 0.1) is 0 Å². The molecule has 0 aliphatic carbocycles. The van der Waals surface area contributed by atoms with Gasteiger partial charge in [0, 0.05) is 0 Å². The Morgan fingerprint density at radius 2 is 1.14 bits per heavy atom. The Bertz CT molecular complexity index is 327. The zero-order valence-electron chi connectivity index (χ0n) is 6.03. The Labute approximate surface area is 77.4 Å². The summed E-state index contributed by atoms with van der Waals surface area (Å²) in [5, 5.41) is 0. The van der Waals surface area contributed by atoms with Crippen LogP contribution in [0.1, 0.15) is 0 Å². The summed E-state index contributed by atoms with van der Waals surface area (Å²) in [6.45, 7) is 0. The van der Waals surface area contributed by atoms with E-state index in [2.05, 4.69) is 3.97 Å². The summed E-state index contributed by atoms with van der Waals surface area (Å²) in [7, 11) is -14.8. The number of hydrogen-bond acceptors (Lipinski definition) is 5. The lowest BCUT2D eigenvalue weighted by Gasteiger charge is -1.97. The fourth-order valence-corrected chi connectivity index (χ4v) is 1.10. The Kier molecular flexibility index (Phi) is 6.24. The molecule has 0 aromatic carbocycles. The second kappa shape index (κ2) is 5.28. The van der Waals surface area contributed by atoms with Crippen LogP contribution in [0.25, 0.3) is 0 Å². The van der Waals surface area contributed by atoms with Crippen molar-refractivity contribution in [3.63, 3.8) is 0 Å². The molecule has 0 heterocycles. The Morgan fingerprint density at radius 1 is 0.929 bits per heavy atom. The summed E-state index contributed by atoms with van der Waals surface area (Å²) >= 11 is 0. The highest BCUT2D eigenvalue weighted by Crippen LogP contribution is 2.37. The summed E-state index contributed by atoms with van der Waals surface area (Å²) in [6.07, 6.45) is 0. The molecule has 0 aromatic heterocycles. The average molecular weight is 276 g/mol. The smallest absolute Gasteiger partial charge is 0.303 e. The molecular weight excluding hydrogens is 270 g/mol. The van der Waals surface area contributed by atoms with Gasteiger partial charge in [0.2, 0.25) is 0 Å². The molecule has 14 heavy (non-hydrogen) atoms. The lowest BCUT2D eigenvalue weighted by atomic mass is 15.7. The molecule has 11 nitrogen and oxygen atoms in total. The molecule has 0 saturated carbocycles. The van der Waals surface area contributed by atoms with Gasteiger partial charge in [0.1, 0.15) is 0 Å². The SMILES string of the molecule is O=P(O)(O)O.O=P(O)(O)OS(=O)(=O)O. The fourth-order valence-electron chi connectivity index (χ4n) is 0.123. The summed E-state index contributed by atoms with van der Waals surface area (Å²) < 4.78 is 47.9. The standard InChI is InChI=1S/H3O7PS.H3O4P/c1-8(2,3)7-9(4,5)6;1-5(2,3)4/h(H2,1,2,3)(H,4,5,6);(H3,1,2,3,4). The molecule has 0 radical (unpaired) electrons. The van der Waals surface area contributed by atoms with E-state index in [-0.39, 0.29) is 0 Å². The van der Waals surface area contributed by atoms with Gasteiger partial charge in [-0.25, -0.2) is 9.13 Å². The van der Waals surface area contributed by atoms with Crippen LogP contribution in [0.15, 0.2) is 0 Å². The van der Waals surface area contributed by atoms with E-state index in [1.807, 2.05) is 0 Å². The molecule has 0 rings (SSSR count). The summed E-state index contributed by atoms with van der Waals surface area (Å²) in [5.41, 5.74) is 0. The normalized spacial score (nSPS) is 13.0. The minimum Gasteiger partial charge on any atom is -0.303 e. The van der Waals surface area contributed by atoms with Crippen LogP contribution in [-0.4, -0.2) is 37.4 Å². The third kappa shape index (κ3) is 40.0. The summed E-state index contributed by atoms with van der Waals surface area (Å²) in [5.74, 6) is 0. The predicted molar refractivity (Wildman–Crippen MR) is 38.9 cm³/mol. The van der Waals surface area contributed by atoms with Gasteiger partial charge < -0.3 is 24.5 Å². The van der Waals surface area contributed by atoms with E-state index in [9.17, 15) is 13.0 Å². The fraction of sp³-hybridized carbons (Fsp3) is 0. The van der Waals surface area contributed by atoms with Crippen molar-refractivity contribution in [1.29, 1.82) is 0 Å². The lowest BCUT2D eigenvalue weighted by Crippen LogP contribution is -2.00. The molecule has 0 aliphatic heterocycles. The van der Waals surface area contributed by atoms with E-state index in [4.69, 9.17) is 33.6 Å². The van der Waals surface area contributed by atoms with Crippen LogP contribution in [-0.2, 0) is 23.5 Å². The molecule has 0 aromatic rings. The van der Waals surface area contributed by atoms with Gasteiger partial charge in [0.05, 0.1) is 0 Å². The van der Waals surface area contributed by atoms with Crippen LogP contribution in [0.4, 0.5) is 0 Å². The molecule has 88 valence electrons. The molecular formula is H6O11P2S. The highest BCUT2D eigenvalue weighted by Gasteiger charge is 2.22. The Balaban J connectivity index is 0. The second-order valence-corrected chi connectivity index (χ2v) is 4.97. The van der Waals surface area contributed by atoms with Crippen molar-refractivity contribution in [1.82, 2.24) is 0 Å². The van der Waals surface area contributed by atoms with Gasteiger partial charge in [-0.1, -0.05) is 0 Å². The first kappa shape index (κ1) is 16.6. The highest BCUT2D eigenvalue weighted by atomic mass is 32.3. The Hall–Kier alpha value is 0.130. The zero-order valence-corrected chi connectivity index (χ0v) is 8.63. The van der Waals surface area contributed by atoms with Crippen LogP contribution in [0.3, 0.4) is 0 Å². The molecule has 0 spiro atoms. The van der Waals surface area contributed by atoms with Crippen molar-refractivity contribution in [3.05, 3.63) is 0 Å². The van der Waals surface area contributed by atoms with Crippen LogP contribution in [0.5, 0.6) is 0 Å². The maximum absolute atomic E-state index is 9.58. The third-order valence-corrected chi connectivity index (χ3v) is 1.72. The Morgan fingerprint density at radius 3 is 1.14 bits per heavy atom. The number of rotatable bonds is 2. The maximum atomic E-state index is 9.58. The van der Waals surface area contributed by atoms with Gasteiger partial charge in [0.15, 0.2) is 0 Å². The van der Waals surface area contributed by atoms with Gasteiger partial charge in [-0.05, 0) is 0 Å². The van der Waals surface area contributed by atoms with E-state index in [1.54, 1.807) is 0 Å². The first-order chi connectivity index (χ1) is 5.71. The van der Waals surface area contributed by atoms with Crippen molar-refractivity contribution in [2.45, 2.75) is 0 Å². The molecule has 14 heteroatoms. The zero-order chi connectivity index (χ0) is 12.2. The molecule has 0 bridgehead atoms. The van der Waals surface area contributed by atoms with Gasteiger partial charge in [-0.15, -0.1) is 3.97 Å². The molecule has 6 N–H and O–H groups in total. The van der Waals surface area contributed by atoms with Gasteiger partial charge in [0.25, 0.3) is 0 Å². The van der Waals surface area contributed by atoms with E-state index in [0.29, 0.717) is 0 Å². The number of hydrogen-bond donors (Lipinski definition) is 6. The summed E-state index contributed by atoms with van der Waals surface area (Å²) in [4.78, 5) is 37.0. The van der Waals surface area contributed by atoms with Crippen molar-refractivity contribution < 1.29 is 50.5 Å². The first-order valence-electron chi connectivity index (χ1n) is 2.23. The van der Waals surface area contributed by atoms with E-state index in [1.165, 1.54) is 0 Å². The van der Waals surface area contributed by atoms with Crippen molar-refractivity contribution in [3.8, 4) is 0 Å². The predicted octanol–water partition coefficient (Wildman–Crippen LogP) is -2.03. The largest absolute Gasteiger partial charge is 0.486 e. The second-order valence-electron chi connectivity index (χ2n) is 1.51. The molecule has 0 unspecified atom stereocenters. The van der Waals surface area contributed by atoms with Crippen LogP contribution >= 0.6 is 15.6 Å². The molecule has 0 fully saturated rings. The minimum absolute atomic E-state index is 2.82. The van der Waals surface area contributed by atoms with Gasteiger partial charge >= 0.3 is 26.0 Å². The maximum Gasteiger partial charge on any atom is 0.486 e. The average Bonchev–Trinajstić information content (AvgIpc) is 1.42. The first-order valence-corrected chi connectivity index (χ1v) is 6.69. The monoisotopic (exact) mass is 276 g/mol. The minimum atomic E-state index is -5.13. The van der Waals surface area contributed by atoms with Crippen LogP contribution < -0.4 is 0 Å². The van der Waals surface area contributed by atoms with Gasteiger partial charge in [-0.2, -0.15) is 8.42 Å². The molecule has 0 amide bonds. The van der Waals surface area contributed by atoms with E-state index >= 15 is 0 Å². The highest BCUT2D eigenvalue weighted by molar-refractivity contribution is 7.85. The topological polar surface area (TPSA) is 199 Å². The van der Waals surface area contributed by atoms with Gasteiger partial charge in [-0.3, -0.25) is 4.55 Å².